The molecule has 0 spiro atoms. The fraction of sp³-hybridized carbons (Fsp3) is 0.467. The molecule has 2 aliphatic rings. The minimum Gasteiger partial charge on any atom is -0.349 e. The number of amides is 3. The van der Waals surface area contributed by atoms with Gasteiger partial charge >= 0.3 is 0 Å². The number of carbonyl (C=O) groups is 3. The topological polar surface area (TPSA) is 107 Å². The van der Waals surface area contributed by atoms with E-state index in [4.69, 9.17) is 0 Å². The summed E-state index contributed by atoms with van der Waals surface area (Å²) in [6, 6.07) is 11.3. The van der Waals surface area contributed by atoms with Crippen LogP contribution in [0.4, 0.5) is 0 Å². The molecule has 0 radical (unpaired) electrons. The van der Waals surface area contributed by atoms with Crippen molar-refractivity contribution in [3.8, 4) is 0 Å². The van der Waals surface area contributed by atoms with Gasteiger partial charge in [0.2, 0.25) is 17.7 Å². The van der Waals surface area contributed by atoms with Gasteiger partial charge in [0, 0.05) is 5.54 Å². The summed E-state index contributed by atoms with van der Waals surface area (Å²) in [6.45, 7) is 9.70. The third-order valence-electron chi connectivity index (χ3n) is 7.91. The first-order chi connectivity index (χ1) is 18.1. The Balaban J connectivity index is 1.59. The smallest absolute Gasteiger partial charge is 0.247 e. The summed E-state index contributed by atoms with van der Waals surface area (Å²) in [5, 5.41) is 6.15. The van der Waals surface area contributed by atoms with Crippen molar-refractivity contribution in [3.05, 3.63) is 65.5 Å². The normalized spacial score (nSPS) is 21.8. The van der Waals surface area contributed by atoms with Crippen LogP contribution in [-0.2, 0) is 27.2 Å². The number of nitrogens with zero attached hydrogens (tertiary/aromatic N) is 2. The number of carbonyl (C=O) groups excluding carboxylic acids is 3. The summed E-state index contributed by atoms with van der Waals surface area (Å²) < 4.78 is 0. The van der Waals surface area contributed by atoms with Crippen LogP contribution in [0.15, 0.2) is 48.8 Å². The molecule has 3 N–H and O–H groups in total. The predicted molar refractivity (Wildman–Crippen MR) is 146 cm³/mol. The molecule has 5 rings (SSSR count). The van der Waals surface area contributed by atoms with Gasteiger partial charge in [-0.15, -0.1) is 0 Å². The summed E-state index contributed by atoms with van der Waals surface area (Å²) in [5.74, 6) is -0.917. The molecular weight excluding hydrogens is 478 g/mol. The fourth-order valence-corrected chi connectivity index (χ4v) is 5.91. The van der Waals surface area contributed by atoms with Crippen LogP contribution in [0.25, 0.3) is 11.0 Å². The van der Waals surface area contributed by atoms with Gasteiger partial charge in [-0.1, -0.05) is 50.6 Å². The van der Waals surface area contributed by atoms with E-state index in [0.717, 1.165) is 5.52 Å². The van der Waals surface area contributed by atoms with Gasteiger partial charge in [-0.2, -0.15) is 0 Å². The Morgan fingerprint density at radius 2 is 1.82 bits per heavy atom. The van der Waals surface area contributed by atoms with Crippen LogP contribution in [0.1, 0.15) is 63.8 Å². The van der Waals surface area contributed by atoms with Crippen LogP contribution < -0.4 is 10.6 Å². The van der Waals surface area contributed by atoms with Gasteiger partial charge in [-0.25, -0.2) is 4.98 Å². The Labute approximate surface area is 223 Å². The molecule has 1 aliphatic heterocycles. The molecule has 3 aromatic rings. The standard InChI is InChI=1S/C30H37N5O3/c1-6-17(2)25-27(36)33-24(21-13-18-9-7-8-10-19(18)14-21)29(38)35(25)26(28(37)34-30(3,4)5)20-11-12-22-23(15-20)32-16-31-22/h7-12,15-17,21,24-26H,6,13-14H2,1-5H3,(H,31,32)(H,33,36)(H,34,37). The van der Waals surface area contributed by atoms with Crippen molar-refractivity contribution in [1.82, 2.24) is 25.5 Å². The molecule has 2 heterocycles. The molecule has 8 heteroatoms. The van der Waals surface area contributed by atoms with E-state index in [1.165, 1.54) is 11.1 Å². The molecule has 3 amide bonds. The number of fused-ring (bicyclic) bond motifs is 2. The highest BCUT2D eigenvalue weighted by Gasteiger charge is 2.51. The zero-order chi connectivity index (χ0) is 27.2. The largest absolute Gasteiger partial charge is 0.349 e. The summed E-state index contributed by atoms with van der Waals surface area (Å²) in [7, 11) is 0. The van der Waals surface area contributed by atoms with E-state index in [2.05, 4.69) is 32.7 Å². The number of aromatic nitrogens is 2. The molecule has 2 aromatic carbocycles. The van der Waals surface area contributed by atoms with E-state index < -0.39 is 23.7 Å². The molecule has 1 saturated heterocycles. The van der Waals surface area contributed by atoms with E-state index in [0.29, 0.717) is 30.3 Å². The highest BCUT2D eigenvalue weighted by Crippen LogP contribution is 2.36. The maximum atomic E-state index is 14.4. The van der Waals surface area contributed by atoms with E-state index in [9.17, 15) is 14.4 Å². The Kier molecular flexibility index (Phi) is 6.75. The van der Waals surface area contributed by atoms with Crippen molar-refractivity contribution >= 4 is 28.8 Å². The first kappa shape index (κ1) is 25.9. The molecular formula is C30H37N5O3. The van der Waals surface area contributed by atoms with E-state index >= 15 is 0 Å². The van der Waals surface area contributed by atoms with E-state index in [1.54, 1.807) is 11.2 Å². The minimum atomic E-state index is -0.973. The predicted octanol–water partition coefficient (Wildman–Crippen LogP) is 3.68. The highest BCUT2D eigenvalue weighted by atomic mass is 16.2. The number of piperazine rings is 1. The van der Waals surface area contributed by atoms with Crippen LogP contribution in [0.3, 0.4) is 0 Å². The molecule has 4 atom stereocenters. The van der Waals surface area contributed by atoms with Crippen molar-refractivity contribution in [1.29, 1.82) is 0 Å². The molecule has 0 bridgehead atoms. The van der Waals surface area contributed by atoms with Crippen molar-refractivity contribution in [2.24, 2.45) is 11.8 Å². The lowest BCUT2D eigenvalue weighted by molar-refractivity contribution is -0.159. The quantitative estimate of drug-likeness (QED) is 0.466. The third-order valence-corrected chi connectivity index (χ3v) is 7.91. The van der Waals surface area contributed by atoms with Gasteiger partial charge in [0.1, 0.15) is 18.1 Å². The van der Waals surface area contributed by atoms with E-state index in [-0.39, 0.29) is 29.6 Å². The Morgan fingerprint density at radius 1 is 1.13 bits per heavy atom. The minimum absolute atomic E-state index is 0.0654. The first-order valence-corrected chi connectivity index (χ1v) is 13.5. The van der Waals surface area contributed by atoms with Crippen LogP contribution >= 0.6 is 0 Å². The molecule has 1 fully saturated rings. The van der Waals surface area contributed by atoms with Gasteiger partial charge in [0.05, 0.1) is 17.4 Å². The van der Waals surface area contributed by atoms with Crippen LogP contribution in [-0.4, -0.2) is 50.2 Å². The summed E-state index contributed by atoms with van der Waals surface area (Å²) in [4.78, 5) is 51.2. The Bertz CT molecular complexity index is 1350. The summed E-state index contributed by atoms with van der Waals surface area (Å²) >= 11 is 0. The van der Waals surface area contributed by atoms with Crippen molar-refractivity contribution in [2.75, 3.05) is 0 Å². The van der Waals surface area contributed by atoms with Crippen LogP contribution in [0.5, 0.6) is 0 Å². The van der Waals surface area contributed by atoms with Crippen molar-refractivity contribution in [3.63, 3.8) is 0 Å². The lowest BCUT2D eigenvalue weighted by atomic mass is 9.85. The summed E-state index contributed by atoms with van der Waals surface area (Å²) in [6.07, 6.45) is 3.72. The number of nitrogens with one attached hydrogen (secondary N) is 3. The number of hydrogen-bond donors (Lipinski definition) is 3. The monoisotopic (exact) mass is 515 g/mol. The number of imidazole rings is 1. The van der Waals surface area contributed by atoms with Gasteiger partial charge in [-0.05, 0) is 74.3 Å². The van der Waals surface area contributed by atoms with Crippen LogP contribution in [0, 0.1) is 11.8 Å². The average molecular weight is 516 g/mol. The van der Waals surface area contributed by atoms with Gasteiger partial charge in [0.15, 0.2) is 0 Å². The van der Waals surface area contributed by atoms with Crippen molar-refractivity contribution < 1.29 is 14.4 Å². The molecule has 1 aliphatic carbocycles. The molecule has 4 unspecified atom stereocenters. The second-order valence-electron chi connectivity index (χ2n) is 11.8. The fourth-order valence-electron chi connectivity index (χ4n) is 5.91. The highest BCUT2D eigenvalue weighted by molar-refractivity contribution is 6.01. The number of rotatable bonds is 6. The molecule has 0 saturated carbocycles. The maximum absolute atomic E-state index is 14.4. The number of hydrogen-bond acceptors (Lipinski definition) is 4. The second kappa shape index (κ2) is 9.89. The van der Waals surface area contributed by atoms with Gasteiger partial charge in [-0.3, -0.25) is 14.4 Å². The Hall–Kier alpha value is -3.68. The maximum Gasteiger partial charge on any atom is 0.247 e. The molecule has 200 valence electrons. The van der Waals surface area contributed by atoms with E-state index in [1.807, 2.05) is 65.0 Å². The lowest BCUT2D eigenvalue weighted by Gasteiger charge is -2.46. The zero-order valence-corrected chi connectivity index (χ0v) is 22.7. The second-order valence-corrected chi connectivity index (χ2v) is 11.8. The third kappa shape index (κ3) is 4.79. The van der Waals surface area contributed by atoms with Crippen LogP contribution in [0.2, 0.25) is 0 Å². The lowest BCUT2D eigenvalue weighted by Crippen LogP contribution is -2.68. The molecule has 1 aromatic heterocycles. The number of benzene rings is 2. The van der Waals surface area contributed by atoms with Gasteiger partial charge < -0.3 is 20.5 Å². The first-order valence-electron chi connectivity index (χ1n) is 13.5. The molecule has 8 nitrogen and oxygen atoms in total. The zero-order valence-electron chi connectivity index (χ0n) is 22.7. The van der Waals surface area contributed by atoms with Gasteiger partial charge in [0.25, 0.3) is 0 Å². The SMILES string of the molecule is CCC(C)C1C(=O)NC(C2Cc3ccccc3C2)C(=O)N1C(C(=O)NC(C)(C)C)c1ccc2[nH]cnc2c1. The number of H-pyrrole nitrogens is 1. The van der Waals surface area contributed by atoms with Crippen molar-refractivity contribution in [2.45, 2.75) is 77.5 Å². The Morgan fingerprint density at radius 3 is 2.45 bits per heavy atom. The molecule has 38 heavy (non-hydrogen) atoms. The average Bonchev–Trinajstić information content (AvgIpc) is 3.51. The summed E-state index contributed by atoms with van der Waals surface area (Å²) in [5.41, 5.74) is 4.07. The number of aromatic amines is 1.